The van der Waals surface area contributed by atoms with Crippen molar-refractivity contribution in [2.45, 2.75) is 17.9 Å². The Kier molecular flexibility index (Phi) is 4.43. The van der Waals surface area contributed by atoms with Gasteiger partial charge < -0.3 is 10.1 Å². The van der Waals surface area contributed by atoms with Crippen LogP contribution in [-0.2, 0) is 14.8 Å². The number of amides is 3. The molecule has 2 rings (SSSR count). The first-order chi connectivity index (χ1) is 9.92. The normalized spacial score (nSPS) is 18.2. The lowest BCUT2D eigenvalue weighted by atomic mass is 10.3. The summed E-state index contributed by atoms with van der Waals surface area (Å²) in [4.78, 5) is 22.3. The average molecular weight is 313 g/mol. The lowest BCUT2D eigenvalue weighted by Crippen LogP contribution is -2.41. The molecule has 114 valence electrons. The quantitative estimate of drug-likeness (QED) is 0.617. The van der Waals surface area contributed by atoms with Crippen LogP contribution in [0.3, 0.4) is 0 Å². The van der Waals surface area contributed by atoms with Gasteiger partial charge >= 0.3 is 6.03 Å². The molecule has 1 aliphatic heterocycles. The Bertz CT molecular complexity index is 641. The van der Waals surface area contributed by atoms with Crippen LogP contribution in [0.5, 0.6) is 5.75 Å². The van der Waals surface area contributed by atoms with Gasteiger partial charge in [0, 0.05) is 6.54 Å². The van der Waals surface area contributed by atoms with Gasteiger partial charge in [0.15, 0.2) is 0 Å². The summed E-state index contributed by atoms with van der Waals surface area (Å²) in [6.45, 7) is 2.10. The van der Waals surface area contributed by atoms with Gasteiger partial charge in [-0.1, -0.05) is 0 Å². The smallest absolute Gasteiger partial charge is 0.322 e. The first-order valence-electron chi connectivity index (χ1n) is 6.26. The minimum Gasteiger partial charge on any atom is -0.494 e. The summed E-state index contributed by atoms with van der Waals surface area (Å²) < 4.78 is 31.6. The zero-order valence-corrected chi connectivity index (χ0v) is 12.1. The third-order valence-corrected chi connectivity index (χ3v) is 4.22. The number of urea groups is 1. The Balaban J connectivity index is 2.01. The Hall–Kier alpha value is -2.13. The zero-order valence-electron chi connectivity index (χ0n) is 11.3. The number of carbonyl (C=O) groups excluding carboxylic acids is 2. The summed E-state index contributed by atoms with van der Waals surface area (Å²) in [7, 11) is -3.76. The molecule has 3 amide bonds. The fourth-order valence-electron chi connectivity index (χ4n) is 1.76. The predicted octanol–water partition coefficient (Wildman–Crippen LogP) is -0.428. The van der Waals surface area contributed by atoms with Crippen molar-refractivity contribution in [1.82, 2.24) is 15.4 Å². The lowest BCUT2D eigenvalue weighted by Gasteiger charge is -2.10. The van der Waals surface area contributed by atoms with Crippen LogP contribution in [0, 0.1) is 0 Å². The lowest BCUT2D eigenvalue weighted by molar-refractivity contribution is -0.120. The van der Waals surface area contributed by atoms with Crippen LogP contribution in [0.1, 0.15) is 6.92 Å². The maximum absolute atomic E-state index is 12.0. The van der Waals surface area contributed by atoms with E-state index in [1.807, 2.05) is 12.2 Å². The molecule has 1 heterocycles. The van der Waals surface area contributed by atoms with Crippen LogP contribution >= 0.6 is 0 Å². The third-order valence-electron chi connectivity index (χ3n) is 2.78. The number of carbonyl (C=O) groups is 2. The maximum atomic E-state index is 12.0. The molecule has 3 N–H and O–H groups in total. The van der Waals surface area contributed by atoms with Crippen LogP contribution in [-0.4, -0.2) is 39.5 Å². The molecule has 0 aromatic heterocycles. The highest BCUT2D eigenvalue weighted by Crippen LogP contribution is 2.15. The van der Waals surface area contributed by atoms with Gasteiger partial charge in [0.05, 0.1) is 11.5 Å². The van der Waals surface area contributed by atoms with Crippen molar-refractivity contribution in [3.63, 3.8) is 0 Å². The van der Waals surface area contributed by atoms with Gasteiger partial charge in [0.1, 0.15) is 11.8 Å². The SMILES string of the molecule is CCOc1ccc(S(=O)(=O)NCC2NC(=O)NC2=O)cc1. The Morgan fingerprint density at radius 3 is 2.43 bits per heavy atom. The van der Waals surface area contributed by atoms with Crippen molar-refractivity contribution in [2.24, 2.45) is 0 Å². The second-order valence-electron chi connectivity index (χ2n) is 4.27. The van der Waals surface area contributed by atoms with E-state index in [0.717, 1.165) is 0 Å². The second kappa shape index (κ2) is 6.10. The van der Waals surface area contributed by atoms with Crippen LogP contribution < -0.4 is 20.1 Å². The van der Waals surface area contributed by atoms with E-state index in [4.69, 9.17) is 4.74 Å². The van der Waals surface area contributed by atoms with Crippen LogP contribution in [0.25, 0.3) is 0 Å². The molecular weight excluding hydrogens is 298 g/mol. The molecule has 1 saturated heterocycles. The molecule has 1 aliphatic rings. The molecule has 1 aromatic carbocycles. The molecule has 8 nitrogen and oxygen atoms in total. The number of sulfonamides is 1. The van der Waals surface area contributed by atoms with E-state index in [1.165, 1.54) is 12.1 Å². The van der Waals surface area contributed by atoms with Gasteiger partial charge in [0.25, 0.3) is 5.91 Å². The Morgan fingerprint density at radius 2 is 1.90 bits per heavy atom. The predicted molar refractivity (Wildman–Crippen MR) is 73.3 cm³/mol. The Morgan fingerprint density at radius 1 is 1.24 bits per heavy atom. The topological polar surface area (TPSA) is 114 Å². The molecule has 1 fully saturated rings. The molecule has 9 heteroatoms. The van der Waals surface area contributed by atoms with E-state index in [0.29, 0.717) is 12.4 Å². The van der Waals surface area contributed by atoms with Gasteiger partial charge in [-0.2, -0.15) is 0 Å². The van der Waals surface area contributed by atoms with Crippen molar-refractivity contribution < 1.29 is 22.7 Å². The average Bonchev–Trinajstić information content (AvgIpc) is 2.76. The van der Waals surface area contributed by atoms with E-state index >= 15 is 0 Å². The van der Waals surface area contributed by atoms with Gasteiger partial charge in [-0.25, -0.2) is 17.9 Å². The fraction of sp³-hybridized carbons (Fsp3) is 0.333. The van der Waals surface area contributed by atoms with Crippen LogP contribution in [0.15, 0.2) is 29.2 Å². The molecule has 21 heavy (non-hydrogen) atoms. The molecule has 0 spiro atoms. The maximum Gasteiger partial charge on any atom is 0.322 e. The highest BCUT2D eigenvalue weighted by Gasteiger charge is 2.30. The van der Waals surface area contributed by atoms with Crippen LogP contribution in [0.4, 0.5) is 4.79 Å². The molecule has 0 saturated carbocycles. The summed E-state index contributed by atoms with van der Waals surface area (Å²) >= 11 is 0. The largest absolute Gasteiger partial charge is 0.494 e. The fourth-order valence-corrected chi connectivity index (χ4v) is 2.81. The monoisotopic (exact) mass is 313 g/mol. The minimum atomic E-state index is -3.76. The molecule has 1 unspecified atom stereocenters. The van der Waals surface area contributed by atoms with E-state index in [1.54, 1.807) is 12.1 Å². The minimum absolute atomic E-state index is 0.0516. The number of hydrogen-bond acceptors (Lipinski definition) is 5. The summed E-state index contributed by atoms with van der Waals surface area (Å²) in [6.07, 6.45) is 0. The molecule has 0 aliphatic carbocycles. The number of benzene rings is 1. The number of rotatable bonds is 6. The van der Waals surface area contributed by atoms with Gasteiger partial charge in [-0.3, -0.25) is 10.1 Å². The van der Waals surface area contributed by atoms with E-state index < -0.39 is 28.0 Å². The standard InChI is InChI=1S/C12H15N3O5S/c1-2-20-8-3-5-9(6-4-8)21(18,19)13-7-10-11(16)15-12(17)14-10/h3-6,10,13H,2,7H2,1H3,(H2,14,15,16,17). The van der Waals surface area contributed by atoms with Gasteiger partial charge in [-0.05, 0) is 31.2 Å². The van der Waals surface area contributed by atoms with Crippen LogP contribution in [0.2, 0.25) is 0 Å². The van der Waals surface area contributed by atoms with Crippen molar-refractivity contribution in [3.8, 4) is 5.75 Å². The van der Waals surface area contributed by atoms with Crippen molar-refractivity contribution in [3.05, 3.63) is 24.3 Å². The van der Waals surface area contributed by atoms with E-state index in [9.17, 15) is 18.0 Å². The second-order valence-corrected chi connectivity index (χ2v) is 6.04. The first kappa shape index (κ1) is 15.3. The number of nitrogens with one attached hydrogen (secondary N) is 3. The molecule has 0 bridgehead atoms. The Labute approximate surface area is 121 Å². The number of imide groups is 1. The third kappa shape index (κ3) is 3.70. The van der Waals surface area contributed by atoms with Gasteiger partial charge in [0.2, 0.25) is 10.0 Å². The summed E-state index contributed by atoms with van der Waals surface area (Å²) in [5.74, 6) is 0.00766. The van der Waals surface area contributed by atoms with Crippen molar-refractivity contribution in [2.75, 3.05) is 13.2 Å². The highest BCUT2D eigenvalue weighted by molar-refractivity contribution is 7.89. The summed E-state index contributed by atoms with van der Waals surface area (Å²) in [6, 6.07) is 4.35. The highest BCUT2D eigenvalue weighted by atomic mass is 32.2. The zero-order chi connectivity index (χ0) is 15.5. The van der Waals surface area contributed by atoms with Crippen molar-refractivity contribution >= 4 is 22.0 Å². The summed E-state index contributed by atoms with van der Waals surface area (Å²) in [5, 5.41) is 4.33. The number of ether oxygens (including phenoxy) is 1. The van der Waals surface area contributed by atoms with Crippen molar-refractivity contribution in [1.29, 1.82) is 0 Å². The number of hydrogen-bond donors (Lipinski definition) is 3. The van der Waals surface area contributed by atoms with E-state index in [-0.39, 0.29) is 11.4 Å². The first-order valence-corrected chi connectivity index (χ1v) is 7.74. The molecular formula is C12H15N3O5S. The summed E-state index contributed by atoms with van der Waals surface area (Å²) in [5.41, 5.74) is 0. The molecule has 1 atom stereocenters. The molecule has 1 aromatic rings. The molecule has 0 radical (unpaired) electrons. The van der Waals surface area contributed by atoms with Gasteiger partial charge in [-0.15, -0.1) is 0 Å². The van der Waals surface area contributed by atoms with E-state index in [2.05, 4.69) is 10.0 Å².